The molecule has 0 heterocycles. The summed E-state index contributed by atoms with van der Waals surface area (Å²) in [6.07, 6.45) is 0.820. The van der Waals surface area contributed by atoms with Crippen LogP contribution < -0.4 is 0 Å². The molecular formula is C20H24ClF. The van der Waals surface area contributed by atoms with Crippen molar-refractivity contribution in [2.75, 3.05) is 0 Å². The first-order chi connectivity index (χ1) is 10.1. The van der Waals surface area contributed by atoms with Gasteiger partial charge in [0.25, 0.3) is 0 Å². The van der Waals surface area contributed by atoms with Crippen LogP contribution in [0.15, 0.2) is 42.5 Å². The van der Waals surface area contributed by atoms with Crippen molar-refractivity contribution in [2.24, 2.45) is 0 Å². The van der Waals surface area contributed by atoms with Gasteiger partial charge in [-0.15, -0.1) is 0 Å². The molecule has 0 amide bonds. The SMILES string of the molecule is CC(C)(C)c1cc(Cl)cc(CC(C)(C)c2cccc(F)c2)c1. The molecule has 2 aromatic rings. The largest absolute Gasteiger partial charge is 0.207 e. The van der Waals surface area contributed by atoms with E-state index in [2.05, 4.69) is 40.7 Å². The van der Waals surface area contributed by atoms with E-state index in [1.807, 2.05) is 18.2 Å². The smallest absolute Gasteiger partial charge is 0.123 e. The Kier molecular flexibility index (Phi) is 4.67. The molecule has 0 unspecified atom stereocenters. The van der Waals surface area contributed by atoms with Crippen LogP contribution in [0.25, 0.3) is 0 Å². The standard InChI is InChI=1S/C20H24ClF/c1-19(2,3)16-9-14(10-17(21)11-16)13-20(4,5)15-7-6-8-18(22)12-15/h6-12H,13H2,1-5H3. The van der Waals surface area contributed by atoms with E-state index in [4.69, 9.17) is 11.6 Å². The lowest BCUT2D eigenvalue weighted by Gasteiger charge is -2.27. The molecule has 0 fully saturated rings. The maximum atomic E-state index is 13.5. The lowest BCUT2D eigenvalue weighted by Crippen LogP contribution is -2.21. The molecule has 0 bridgehead atoms. The van der Waals surface area contributed by atoms with E-state index in [1.54, 1.807) is 12.1 Å². The van der Waals surface area contributed by atoms with Crippen molar-refractivity contribution >= 4 is 11.6 Å². The summed E-state index contributed by atoms with van der Waals surface area (Å²) in [5.74, 6) is -0.188. The van der Waals surface area contributed by atoms with Crippen LogP contribution in [-0.4, -0.2) is 0 Å². The monoisotopic (exact) mass is 318 g/mol. The van der Waals surface area contributed by atoms with E-state index in [-0.39, 0.29) is 16.6 Å². The Morgan fingerprint density at radius 3 is 2.18 bits per heavy atom. The van der Waals surface area contributed by atoms with Crippen LogP contribution in [0.2, 0.25) is 5.02 Å². The highest BCUT2D eigenvalue weighted by Crippen LogP contribution is 2.32. The topological polar surface area (TPSA) is 0 Å². The van der Waals surface area contributed by atoms with Crippen LogP contribution in [-0.2, 0) is 17.3 Å². The maximum Gasteiger partial charge on any atom is 0.123 e. The second-order valence-corrected chi connectivity index (χ2v) is 8.11. The zero-order valence-corrected chi connectivity index (χ0v) is 14.8. The predicted molar refractivity (Wildman–Crippen MR) is 93.3 cm³/mol. The van der Waals surface area contributed by atoms with Crippen LogP contribution >= 0.6 is 11.6 Å². The Morgan fingerprint density at radius 2 is 1.59 bits per heavy atom. The van der Waals surface area contributed by atoms with E-state index in [1.165, 1.54) is 17.2 Å². The summed E-state index contributed by atoms with van der Waals surface area (Å²) in [6, 6.07) is 13.1. The van der Waals surface area contributed by atoms with Crippen molar-refractivity contribution in [1.29, 1.82) is 0 Å². The van der Waals surface area contributed by atoms with Crippen molar-refractivity contribution in [3.8, 4) is 0 Å². The third kappa shape index (κ3) is 4.10. The minimum atomic E-state index is -0.188. The summed E-state index contributed by atoms with van der Waals surface area (Å²) >= 11 is 6.30. The first kappa shape index (κ1) is 17.0. The van der Waals surface area contributed by atoms with Crippen LogP contribution in [0.5, 0.6) is 0 Å². The van der Waals surface area contributed by atoms with Gasteiger partial charge in [-0.3, -0.25) is 0 Å². The van der Waals surface area contributed by atoms with Gasteiger partial charge in [-0.25, -0.2) is 4.39 Å². The summed E-state index contributed by atoms with van der Waals surface area (Å²) in [6.45, 7) is 10.8. The average molecular weight is 319 g/mol. The summed E-state index contributed by atoms with van der Waals surface area (Å²) in [7, 11) is 0. The Bertz CT molecular complexity index is 666. The number of rotatable bonds is 3. The fourth-order valence-corrected chi connectivity index (χ4v) is 2.96. The van der Waals surface area contributed by atoms with Gasteiger partial charge in [0.2, 0.25) is 0 Å². The van der Waals surface area contributed by atoms with Gasteiger partial charge in [-0.05, 0) is 58.2 Å². The first-order valence-electron chi connectivity index (χ1n) is 7.64. The molecule has 0 atom stereocenters. The van der Waals surface area contributed by atoms with Crippen molar-refractivity contribution in [3.63, 3.8) is 0 Å². The molecule has 22 heavy (non-hydrogen) atoms. The molecule has 0 N–H and O–H groups in total. The Balaban J connectivity index is 2.35. The molecule has 0 aliphatic rings. The molecule has 2 rings (SSSR count). The number of benzene rings is 2. The summed E-state index contributed by atoms with van der Waals surface area (Å²) in [5, 5.41) is 0.762. The van der Waals surface area contributed by atoms with E-state index in [0.29, 0.717) is 0 Å². The number of hydrogen-bond acceptors (Lipinski definition) is 0. The van der Waals surface area contributed by atoms with E-state index >= 15 is 0 Å². The van der Waals surface area contributed by atoms with Gasteiger partial charge in [-0.1, -0.05) is 64.4 Å². The molecular weight excluding hydrogens is 295 g/mol. The molecule has 0 aliphatic heterocycles. The van der Waals surface area contributed by atoms with Gasteiger partial charge in [0.15, 0.2) is 0 Å². The van der Waals surface area contributed by atoms with Gasteiger partial charge in [-0.2, -0.15) is 0 Å². The van der Waals surface area contributed by atoms with Crippen molar-refractivity contribution < 1.29 is 4.39 Å². The Labute approximate surface area is 138 Å². The number of halogens is 2. The minimum Gasteiger partial charge on any atom is -0.207 e. The zero-order chi connectivity index (χ0) is 16.5. The molecule has 0 nitrogen and oxygen atoms in total. The molecule has 0 saturated heterocycles. The molecule has 0 saturated carbocycles. The molecule has 0 spiro atoms. The molecule has 118 valence electrons. The lowest BCUT2D eigenvalue weighted by molar-refractivity contribution is 0.513. The molecule has 2 heteroatoms. The van der Waals surface area contributed by atoms with Crippen LogP contribution in [0.3, 0.4) is 0 Å². The van der Waals surface area contributed by atoms with Gasteiger partial charge in [0.1, 0.15) is 5.82 Å². The highest BCUT2D eigenvalue weighted by atomic mass is 35.5. The van der Waals surface area contributed by atoms with Crippen molar-refractivity contribution in [3.05, 3.63) is 70.0 Å². The van der Waals surface area contributed by atoms with Crippen LogP contribution in [0.4, 0.5) is 4.39 Å². The average Bonchev–Trinajstić information content (AvgIpc) is 2.36. The summed E-state index contributed by atoms with van der Waals surface area (Å²) in [5.41, 5.74) is 3.33. The second kappa shape index (κ2) is 6.04. The molecule has 0 radical (unpaired) electrons. The van der Waals surface area contributed by atoms with E-state index < -0.39 is 0 Å². The quantitative estimate of drug-likeness (QED) is 0.623. The molecule has 2 aromatic carbocycles. The fraction of sp³-hybridized carbons (Fsp3) is 0.400. The molecule has 0 aromatic heterocycles. The van der Waals surface area contributed by atoms with Gasteiger partial charge in [0, 0.05) is 5.02 Å². The van der Waals surface area contributed by atoms with Gasteiger partial charge < -0.3 is 0 Å². The summed E-state index contributed by atoms with van der Waals surface area (Å²) in [4.78, 5) is 0. The van der Waals surface area contributed by atoms with Gasteiger partial charge >= 0.3 is 0 Å². The Morgan fingerprint density at radius 1 is 0.909 bits per heavy atom. The molecule has 0 aliphatic carbocycles. The normalized spacial score (nSPS) is 12.5. The van der Waals surface area contributed by atoms with Crippen molar-refractivity contribution in [1.82, 2.24) is 0 Å². The van der Waals surface area contributed by atoms with E-state index in [9.17, 15) is 4.39 Å². The minimum absolute atomic E-state index is 0.0582. The third-order valence-electron chi connectivity index (χ3n) is 4.08. The predicted octanol–water partition coefficient (Wildman–Crippen LogP) is 6.30. The maximum absolute atomic E-state index is 13.5. The number of hydrogen-bond donors (Lipinski definition) is 0. The van der Waals surface area contributed by atoms with E-state index in [0.717, 1.165) is 17.0 Å². The van der Waals surface area contributed by atoms with Crippen LogP contribution in [0, 0.1) is 5.82 Å². The highest BCUT2D eigenvalue weighted by molar-refractivity contribution is 6.30. The summed E-state index contributed by atoms with van der Waals surface area (Å²) < 4.78 is 13.5. The lowest BCUT2D eigenvalue weighted by atomic mass is 9.78. The zero-order valence-electron chi connectivity index (χ0n) is 14.0. The van der Waals surface area contributed by atoms with Crippen LogP contribution in [0.1, 0.15) is 51.3 Å². The third-order valence-corrected chi connectivity index (χ3v) is 4.29. The fourth-order valence-electron chi connectivity index (χ4n) is 2.71. The van der Waals surface area contributed by atoms with Gasteiger partial charge in [0.05, 0.1) is 0 Å². The second-order valence-electron chi connectivity index (χ2n) is 7.67. The van der Waals surface area contributed by atoms with Crippen molar-refractivity contribution in [2.45, 2.75) is 51.9 Å². The Hall–Kier alpha value is -1.34. The highest BCUT2D eigenvalue weighted by Gasteiger charge is 2.23. The first-order valence-corrected chi connectivity index (χ1v) is 8.02.